The molecule has 0 nitrogen and oxygen atoms in total. The van der Waals surface area contributed by atoms with Crippen molar-refractivity contribution in [3.63, 3.8) is 0 Å². The Morgan fingerprint density at radius 3 is 2.17 bits per heavy atom. The minimum absolute atomic E-state index is 0.973. The van der Waals surface area contributed by atoms with Gasteiger partial charge in [0.15, 0.2) is 0 Å². The smallest absolute Gasteiger partial charge is 0.0207 e. The van der Waals surface area contributed by atoms with Crippen LogP contribution in [0.2, 0.25) is 0 Å². The van der Waals surface area contributed by atoms with E-state index in [2.05, 4.69) is 0 Å². The van der Waals surface area contributed by atoms with Crippen LogP contribution >= 0.6 is 0 Å². The molecule has 4 saturated carbocycles. The topological polar surface area (TPSA) is 0 Å². The molecule has 0 radical (unpaired) electrons. The molecule has 4 fully saturated rings. The first-order valence-corrected chi connectivity index (χ1v) is 5.91. The Labute approximate surface area is 74.7 Å². The summed E-state index contributed by atoms with van der Waals surface area (Å²) in [5.74, 6) is 4.86. The van der Waals surface area contributed by atoms with Gasteiger partial charge in [0.25, 0.3) is 0 Å². The van der Waals surface area contributed by atoms with Crippen LogP contribution in [0.1, 0.15) is 44.9 Å². The van der Waals surface area contributed by atoms with Gasteiger partial charge < -0.3 is 0 Å². The molecule has 0 heteroatoms. The van der Waals surface area contributed by atoms with Crippen molar-refractivity contribution in [1.29, 1.82) is 0 Å². The van der Waals surface area contributed by atoms with E-state index in [0.717, 1.165) is 5.41 Å². The van der Waals surface area contributed by atoms with E-state index < -0.39 is 0 Å². The Balaban J connectivity index is 1.69. The van der Waals surface area contributed by atoms with Gasteiger partial charge in [-0.3, -0.25) is 0 Å². The van der Waals surface area contributed by atoms with Gasteiger partial charge in [0.05, 0.1) is 0 Å². The molecule has 0 saturated heterocycles. The van der Waals surface area contributed by atoms with Crippen LogP contribution in [0.5, 0.6) is 0 Å². The summed E-state index contributed by atoms with van der Waals surface area (Å²) in [7, 11) is 0. The molecule has 0 amide bonds. The fourth-order valence-electron chi connectivity index (χ4n) is 4.65. The summed E-state index contributed by atoms with van der Waals surface area (Å²) in [6.45, 7) is 0. The van der Waals surface area contributed by atoms with Crippen molar-refractivity contribution in [2.75, 3.05) is 0 Å². The van der Waals surface area contributed by atoms with Crippen molar-refractivity contribution in [2.24, 2.45) is 29.1 Å². The molecular weight excluding hydrogens is 144 g/mol. The average Bonchev–Trinajstić information content (AvgIpc) is 2.73. The SMILES string of the molecule is C1CC2C1CC[C@H]1C[C@]21C1CC1. The zero-order chi connectivity index (χ0) is 7.76. The normalized spacial score (nSPS) is 61.5. The first-order valence-electron chi connectivity index (χ1n) is 5.91. The molecule has 66 valence electrons. The Morgan fingerprint density at radius 2 is 1.50 bits per heavy atom. The van der Waals surface area contributed by atoms with Gasteiger partial charge in [0.1, 0.15) is 0 Å². The highest BCUT2D eigenvalue weighted by molar-refractivity contribution is 5.18. The summed E-state index contributed by atoms with van der Waals surface area (Å²) in [5, 5.41) is 0. The predicted molar refractivity (Wildman–Crippen MR) is 48.7 cm³/mol. The van der Waals surface area contributed by atoms with Crippen molar-refractivity contribution in [3.8, 4) is 0 Å². The lowest BCUT2D eigenvalue weighted by Gasteiger charge is -2.47. The zero-order valence-corrected chi connectivity index (χ0v) is 7.76. The van der Waals surface area contributed by atoms with Gasteiger partial charge in [-0.2, -0.15) is 0 Å². The standard InChI is InChI=1S/C12H18/c1-3-10-7-12(10,9-4-5-9)11-6-2-8(1)11/h8-11H,1-7H2/t8?,10-,11?,12+/m0/s1. The van der Waals surface area contributed by atoms with Crippen LogP contribution in [0.15, 0.2) is 0 Å². The molecule has 0 bridgehead atoms. The van der Waals surface area contributed by atoms with Crippen LogP contribution < -0.4 is 0 Å². The first-order chi connectivity index (χ1) is 5.91. The summed E-state index contributed by atoms with van der Waals surface area (Å²) in [5.41, 5.74) is 0.973. The molecule has 0 aliphatic heterocycles. The number of hydrogen-bond donors (Lipinski definition) is 0. The van der Waals surface area contributed by atoms with Crippen molar-refractivity contribution < 1.29 is 0 Å². The Morgan fingerprint density at radius 1 is 0.750 bits per heavy atom. The second-order valence-corrected chi connectivity index (χ2v) is 5.81. The molecule has 0 aromatic rings. The van der Waals surface area contributed by atoms with Gasteiger partial charge in [-0.05, 0) is 74.0 Å². The highest BCUT2D eigenvalue weighted by Crippen LogP contribution is 2.77. The molecule has 4 aliphatic rings. The van der Waals surface area contributed by atoms with Crippen molar-refractivity contribution in [1.82, 2.24) is 0 Å². The molecule has 0 N–H and O–H groups in total. The summed E-state index contributed by atoms with van der Waals surface area (Å²) in [4.78, 5) is 0. The number of fused-ring (bicyclic) bond motifs is 3. The summed E-state index contributed by atoms with van der Waals surface area (Å²) < 4.78 is 0. The molecule has 0 aromatic heterocycles. The summed E-state index contributed by atoms with van der Waals surface area (Å²) in [6.07, 6.45) is 11.3. The average molecular weight is 162 g/mol. The second kappa shape index (κ2) is 1.76. The molecule has 0 aromatic carbocycles. The lowest BCUT2D eigenvalue weighted by Crippen LogP contribution is -2.39. The van der Waals surface area contributed by atoms with Gasteiger partial charge in [0.2, 0.25) is 0 Å². The van der Waals surface area contributed by atoms with E-state index in [1.165, 1.54) is 23.7 Å². The number of rotatable bonds is 1. The fraction of sp³-hybridized carbons (Fsp3) is 1.00. The van der Waals surface area contributed by atoms with E-state index >= 15 is 0 Å². The molecular formula is C12H18. The van der Waals surface area contributed by atoms with Gasteiger partial charge in [-0.1, -0.05) is 0 Å². The van der Waals surface area contributed by atoms with Crippen LogP contribution in [0.4, 0.5) is 0 Å². The van der Waals surface area contributed by atoms with E-state index in [4.69, 9.17) is 0 Å². The quantitative estimate of drug-likeness (QED) is 0.555. The molecule has 4 rings (SSSR count). The molecule has 4 atom stereocenters. The van der Waals surface area contributed by atoms with E-state index in [1.54, 1.807) is 44.9 Å². The molecule has 12 heavy (non-hydrogen) atoms. The van der Waals surface area contributed by atoms with Crippen molar-refractivity contribution >= 4 is 0 Å². The maximum Gasteiger partial charge on any atom is -0.0207 e. The van der Waals surface area contributed by atoms with Crippen LogP contribution in [0.3, 0.4) is 0 Å². The van der Waals surface area contributed by atoms with Crippen molar-refractivity contribution in [3.05, 3.63) is 0 Å². The van der Waals surface area contributed by atoms with Gasteiger partial charge in [-0.15, -0.1) is 0 Å². The maximum absolute atomic E-state index is 1.65. The van der Waals surface area contributed by atoms with Gasteiger partial charge >= 0.3 is 0 Å². The van der Waals surface area contributed by atoms with Crippen LogP contribution in [0.25, 0.3) is 0 Å². The monoisotopic (exact) mass is 162 g/mol. The van der Waals surface area contributed by atoms with Crippen LogP contribution in [-0.4, -0.2) is 0 Å². The van der Waals surface area contributed by atoms with E-state index in [9.17, 15) is 0 Å². The minimum atomic E-state index is 0.973. The van der Waals surface area contributed by atoms with Crippen molar-refractivity contribution in [2.45, 2.75) is 44.9 Å². The maximum atomic E-state index is 1.65. The van der Waals surface area contributed by atoms with Crippen LogP contribution in [-0.2, 0) is 0 Å². The minimum Gasteiger partial charge on any atom is -0.0499 e. The molecule has 0 heterocycles. The Bertz CT molecular complexity index is 228. The third kappa shape index (κ3) is 0.561. The third-order valence-electron chi connectivity index (χ3n) is 5.53. The largest absolute Gasteiger partial charge is 0.0499 e. The second-order valence-electron chi connectivity index (χ2n) is 5.81. The van der Waals surface area contributed by atoms with E-state index in [0.29, 0.717) is 0 Å². The van der Waals surface area contributed by atoms with Gasteiger partial charge in [-0.25, -0.2) is 0 Å². The molecule has 4 aliphatic carbocycles. The highest BCUT2D eigenvalue weighted by Gasteiger charge is 2.69. The van der Waals surface area contributed by atoms with E-state index in [1.807, 2.05) is 0 Å². The molecule has 2 unspecified atom stereocenters. The Hall–Kier alpha value is 0. The van der Waals surface area contributed by atoms with E-state index in [-0.39, 0.29) is 0 Å². The predicted octanol–water partition coefficient (Wildman–Crippen LogP) is 3.22. The Kier molecular flexibility index (Phi) is 0.946. The summed E-state index contributed by atoms with van der Waals surface area (Å²) in [6, 6.07) is 0. The lowest BCUT2D eigenvalue weighted by molar-refractivity contribution is 0.0248. The highest BCUT2D eigenvalue weighted by atomic mass is 14.7. The van der Waals surface area contributed by atoms with Crippen LogP contribution in [0, 0.1) is 29.1 Å². The lowest BCUT2D eigenvalue weighted by atomic mass is 9.58. The third-order valence-corrected chi connectivity index (χ3v) is 5.53. The fourth-order valence-corrected chi connectivity index (χ4v) is 4.65. The zero-order valence-electron chi connectivity index (χ0n) is 7.76. The van der Waals surface area contributed by atoms with Gasteiger partial charge in [0, 0.05) is 0 Å². The first kappa shape index (κ1) is 6.45. The number of hydrogen-bond acceptors (Lipinski definition) is 0. The molecule has 0 spiro atoms. The summed E-state index contributed by atoms with van der Waals surface area (Å²) >= 11 is 0.